The minimum absolute atomic E-state index is 0.113. The molecule has 0 radical (unpaired) electrons. The minimum Gasteiger partial charge on any atom is -0.464 e. The molecule has 7 heteroatoms. The molecule has 31 heavy (non-hydrogen) atoms. The van der Waals surface area contributed by atoms with Gasteiger partial charge in [0.05, 0.1) is 12.6 Å². The summed E-state index contributed by atoms with van der Waals surface area (Å²) < 4.78 is 10.4. The number of amides is 2. The molecule has 0 aliphatic carbocycles. The maximum absolute atomic E-state index is 13.1. The standard InChI is InChI=1S/C24H28N2O5/c1-3-30-23(28)21-13-12-20(19-11-7-8-17(2)14-19)26(21)22(27)15-25-24(29)31-16-18-9-5-4-6-10-18/h4-11,14,20-21H,3,12-13,15-16H2,1-2H3,(H,25,29)/t20-,21+/m1/s1. The number of hydrogen-bond acceptors (Lipinski definition) is 5. The number of aryl methyl sites for hydroxylation is 1. The van der Waals surface area contributed by atoms with Crippen LogP contribution >= 0.6 is 0 Å². The zero-order valence-corrected chi connectivity index (χ0v) is 17.9. The first-order chi connectivity index (χ1) is 15.0. The van der Waals surface area contributed by atoms with Gasteiger partial charge in [-0.15, -0.1) is 0 Å². The Balaban J connectivity index is 1.66. The summed E-state index contributed by atoms with van der Waals surface area (Å²) in [6.45, 7) is 3.82. The van der Waals surface area contributed by atoms with E-state index in [1.54, 1.807) is 11.8 Å². The lowest BCUT2D eigenvalue weighted by molar-refractivity contribution is -0.154. The molecule has 2 atom stereocenters. The average Bonchev–Trinajstić information content (AvgIpc) is 3.22. The predicted molar refractivity (Wildman–Crippen MR) is 115 cm³/mol. The first-order valence-corrected chi connectivity index (χ1v) is 10.5. The number of carbonyl (C=O) groups excluding carboxylic acids is 3. The summed E-state index contributed by atoms with van der Waals surface area (Å²) in [5.41, 5.74) is 2.89. The number of carbonyl (C=O) groups is 3. The van der Waals surface area contributed by atoms with Crippen molar-refractivity contribution in [1.82, 2.24) is 10.2 Å². The summed E-state index contributed by atoms with van der Waals surface area (Å²) >= 11 is 0. The summed E-state index contributed by atoms with van der Waals surface area (Å²) in [6, 6.07) is 16.3. The normalized spacial score (nSPS) is 17.8. The van der Waals surface area contributed by atoms with Gasteiger partial charge in [-0.1, -0.05) is 60.2 Å². The fraction of sp³-hybridized carbons (Fsp3) is 0.375. The van der Waals surface area contributed by atoms with Gasteiger partial charge in [-0.05, 0) is 37.8 Å². The second-order valence-corrected chi connectivity index (χ2v) is 7.49. The highest BCUT2D eigenvalue weighted by Gasteiger charge is 2.42. The molecule has 0 saturated carbocycles. The Morgan fingerprint density at radius 3 is 2.52 bits per heavy atom. The Labute approximate surface area is 182 Å². The summed E-state index contributed by atoms with van der Waals surface area (Å²) in [7, 11) is 0. The summed E-state index contributed by atoms with van der Waals surface area (Å²) in [5, 5.41) is 2.50. The number of rotatable bonds is 7. The maximum Gasteiger partial charge on any atom is 0.407 e. The van der Waals surface area contributed by atoms with Gasteiger partial charge in [0.25, 0.3) is 0 Å². The zero-order chi connectivity index (χ0) is 22.2. The van der Waals surface area contributed by atoms with Crippen LogP contribution in [-0.4, -0.2) is 42.1 Å². The van der Waals surface area contributed by atoms with Gasteiger partial charge in [-0.3, -0.25) is 4.79 Å². The van der Waals surface area contributed by atoms with Gasteiger partial charge in [0, 0.05) is 0 Å². The largest absolute Gasteiger partial charge is 0.464 e. The molecule has 1 saturated heterocycles. The Bertz CT molecular complexity index is 915. The van der Waals surface area contributed by atoms with Crippen molar-refractivity contribution < 1.29 is 23.9 Å². The molecule has 3 rings (SSSR count). The smallest absolute Gasteiger partial charge is 0.407 e. The Morgan fingerprint density at radius 1 is 1.03 bits per heavy atom. The van der Waals surface area contributed by atoms with Crippen LogP contribution < -0.4 is 5.32 Å². The highest BCUT2D eigenvalue weighted by atomic mass is 16.5. The molecule has 2 amide bonds. The van der Waals surface area contributed by atoms with Crippen LogP contribution in [0.25, 0.3) is 0 Å². The van der Waals surface area contributed by atoms with Gasteiger partial charge >= 0.3 is 12.1 Å². The molecule has 1 heterocycles. The third-order valence-corrected chi connectivity index (χ3v) is 5.26. The maximum atomic E-state index is 13.1. The van der Waals surface area contributed by atoms with Crippen LogP contribution in [0.3, 0.4) is 0 Å². The van der Waals surface area contributed by atoms with E-state index in [0.717, 1.165) is 16.7 Å². The highest BCUT2D eigenvalue weighted by molar-refractivity contribution is 5.88. The van der Waals surface area contributed by atoms with Crippen LogP contribution in [0.15, 0.2) is 54.6 Å². The zero-order valence-electron chi connectivity index (χ0n) is 17.9. The molecular formula is C24H28N2O5. The van der Waals surface area contributed by atoms with Crippen molar-refractivity contribution in [2.75, 3.05) is 13.2 Å². The molecule has 2 aromatic rings. The minimum atomic E-state index is -0.684. The number of nitrogens with one attached hydrogen (secondary N) is 1. The quantitative estimate of drug-likeness (QED) is 0.688. The van der Waals surface area contributed by atoms with Crippen molar-refractivity contribution in [2.45, 2.75) is 45.4 Å². The van der Waals surface area contributed by atoms with Crippen LogP contribution in [0, 0.1) is 6.92 Å². The van der Waals surface area contributed by atoms with Crippen LogP contribution in [0.5, 0.6) is 0 Å². The number of esters is 1. The lowest BCUT2D eigenvalue weighted by atomic mass is 10.0. The van der Waals surface area contributed by atoms with Crippen molar-refractivity contribution >= 4 is 18.0 Å². The van der Waals surface area contributed by atoms with Gasteiger partial charge in [0.1, 0.15) is 19.2 Å². The first-order valence-electron chi connectivity index (χ1n) is 10.5. The first kappa shape index (κ1) is 22.3. The number of benzene rings is 2. The van der Waals surface area contributed by atoms with Gasteiger partial charge in [0.15, 0.2) is 0 Å². The van der Waals surface area contributed by atoms with Crippen LogP contribution in [0.1, 0.15) is 42.5 Å². The van der Waals surface area contributed by atoms with Crippen LogP contribution in [-0.2, 0) is 25.7 Å². The second-order valence-electron chi connectivity index (χ2n) is 7.49. The number of likely N-dealkylation sites (tertiary alicyclic amines) is 1. The van der Waals surface area contributed by atoms with E-state index in [4.69, 9.17) is 9.47 Å². The van der Waals surface area contributed by atoms with Crippen molar-refractivity contribution in [1.29, 1.82) is 0 Å². The van der Waals surface area contributed by atoms with Crippen LogP contribution in [0.4, 0.5) is 4.79 Å². The molecular weight excluding hydrogens is 396 g/mol. The van der Waals surface area contributed by atoms with Gasteiger partial charge in [0.2, 0.25) is 5.91 Å². The number of ether oxygens (including phenoxy) is 2. The van der Waals surface area contributed by atoms with E-state index in [-0.39, 0.29) is 31.7 Å². The van der Waals surface area contributed by atoms with E-state index in [9.17, 15) is 14.4 Å². The third-order valence-electron chi connectivity index (χ3n) is 5.26. The SMILES string of the molecule is CCOC(=O)[C@@H]1CC[C@H](c2cccc(C)c2)N1C(=O)CNC(=O)OCc1ccccc1. The van der Waals surface area contributed by atoms with E-state index in [1.807, 2.05) is 61.5 Å². The monoisotopic (exact) mass is 424 g/mol. The molecule has 1 N–H and O–H groups in total. The Morgan fingerprint density at radius 2 is 1.81 bits per heavy atom. The highest BCUT2D eigenvalue weighted by Crippen LogP contribution is 2.37. The predicted octanol–water partition coefficient (Wildman–Crippen LogP) is 3.52. The van der Waals surface area contributed by atoms with Crippen molar-refractivity contribution in [3.63, 3.8) is 0 Å². The average molecular weight is 424 g/mol. The second kappa shape index (κ2) is 10.6. The number of hydrogen-bond donors (Lipinski definition) is 1. The van der Waals surface area contributed by atoms with Gasteiger partial charge in [-0.25, -0.2) is 9.59 Å². The van der Waals surface area contributed by atoms with E-state index in [1.165, 1.54) is 0 Å². The lowest BCUT2D eigenvalue weighted by Gasteiger charge is -2.29. The molecule has 164 valence electrons. The van der Waals surface area contributed by atoms with Gasteiger partial charge in [-0.2, -0.15) is 0 Å². The summed E-state index contributed by atoms with van der Waals surface area (Å²) in [4.78, 5) is 39.1. The molecule has 1 fully saturated rings. The van der Waals surface area contributed by atoms with Gasteiger partial charge < -0.3 is 19.7 Å². The Kier molecular flexibility index (Phi) is 7.65. The number of alkyl carbamates (subject to hydrolysis) is 1. The fourth-order valence-corrected chi connectivity index (χ4v) is 3.85. The van der Waals surface area contributed by atoms with Crippen molar-refractivity contribution in [3.05, 3.63) is 71.3 Å². The molecule has 2 aromatic carbocycles. The molecule has 7 nitrogen and oxygen atoms in total. The molecule has 0 spiro atoms. The van der Waals surface area contributed by atoms with E-state index >= 15 is 0 Å². The summed E-state index contributed by atoms with van der Waals surface area (Å²) in [6.07, 6.45) is 0.481. The van der Waals surface area contributed by atoms with Crippen molar-refractivity contribution in [2.24, 2.45) is 0 Å². The number of nitrogens with zero attached hydrogens (tertiary/aromatic N) is 1. The van der Waals surface area contributed by atoms with Crippen LogP contribution in [0.2, 0.25) is 0 Å². The molecule has 0 aromatic heterocycles. The summed E-state index contributed by atoms with van der Waals surface area (Å²) in [5.74, 6) is -0.767. The topological polar surface area (TPSA) is 84.9 Å². The lowest BCUT2D eigenvalue weighted by Crippen LogP contribution is -2.47. The molecule has 0 unspecified atom stereocenters. The van der Waals surface area contributed by atoms with E-state index in [2.05, 4.69) is 5.32 Å². The molecule has 1 aliphatic heterocycles. The third kappa shape index (κ3) is 5.84. The van der Waals surface area contributed by atoms with Crippen molar-refractivity contribution in [3.8, 4) is 0 Å². The fourth-order valence-electron chi connectivity index (χ4n) is 3.85. The molecule has 1 aliphatic rings. The van der Waals surface area contributed by atoms with E-state index in [0.29, 0.717) is 12.8 Å². The van der Waals surface area contributed by atoms with E-state index < -0.39 is 18.1 Å². The Hall–Kier alpha value is -3.35. The molecule has 0 bridgehead atoms.